The number of rotatable bonds is 7. The van der Waals surface area contributed by atoms with Gasteiger partial charge in [-0.15, -0.1) is 0 Å². The van der Waals surface area contributed by atoms with E-state index in [1.165, 1.54) is 4.90 Å². The smallest absolute Gasteiger partial charge is 0.277 e. The van der Waals surface area contributed by atoms with Crippen LogP contribution in [0.1, 0.15) is 32.8 Å². The lowest BCUT2D eigenvalue weighted by Gasteiger charge is -2.35. The average Bonchev–Trinajstić information content (AvgIpc) is 2.96. The fraction of sp³-hybridized carbons (Fsp3) is 0.524. The summed E-state index contributed by atoms with van der Waals surface area (Å²) >= 11 is 0. The summed E-state index contributed by atoms with van der Waals surface area (Å²) in [7, 11) is 0. The molecule has 1 fully saturated rings. The number of piperazine rings is 1. The lowest BCUT2D eigenvalue weighted by atomic mass is 10.0. The van der Waals surface area contributed by atoms with Crippen LogP contribution in [-0.4, -0.2) is 72.4 Å². The molecular weight excluding hydrogens is 342 g/mol. The molecule has 146 valence electrons. The Morgan fingerprint density at radius 1 is 0.889 bits per heavy atom. The minimum atomic E-state index is -0.197. The zero-order chi connectivity index (χ0) is 19.4. The van der Waals surface area contributed by atoms with Crippen LogP contribution < -0.4 is 4.74 Å². The molecule has 1 saturated heterocycles. The minimum Gasteiger partial charge on any atom is -0.494 e. The first-order chi connectivity index (χ1) is 13.1. The Morgan fingerprint density at radius 3 is 2.11 bits per heavy atom. The minimum absolute atomic E-state index is 0.172. The van der Waals surface area contributed by atoms with Crippen molar-refractivity contribution in [1.82, 2.24) is 14.7 Å². The maximum atomic E-state index is 13.0. The summed E-state index contributed by atoms with van der Waals surface area (Å²) in [5.74, 6) is 0.412. The van der Waals surface area contributed by atoms with Gasteiger partial charge in [-0.25, -0.2) is 0 Å². The fourth-order valence-electron chi connectivity index (χ4n) is 3.63. The van der Waals surface area contributed by atoms with Crippen LogP contribution >= 0.6 is 0 Å². The van der Waals surface area contributed by atoms with Crippen LogP contribution in [0.2, 0.25) is 0 Å². The maximum Gasteiger partial charge on any atom is 0.277 e. The molecule has 0 bridgehead atoms. The zero-order valence-corrected chi connectivity index (χ0v) is 16.5. The Kier molecular flexibility index (Phi) is 6.16. The molecule has 6 nitrogen and oxygen atoms in total. The number of amides is 2. The normalized spacial score (nSPS) is 18.6. The van der Waals surface area contributed by atoms with E-state index in [0.717, 1.165) is 50.5 Å². The van der Waals surface area contributed by atoms with Crippen molar-refractivity contribution in [3.8, 4) is 5.75 Å². The molecule has 1 aromatic carbocycles. The standard InChI is InChI=1S/C21H29N3O3/c1-4-15-27-17-9-7-16(8-10-17)18-19(21(26)24(6-3)20(18)25)23-13-11-22(5-2)12-14-23/h7-10H,4-6,11-15H2,1-3H3. The molecule has 3 rings (SSSR count). The average molecular weight is 371 g/mol. The van der Waals surface area contributed by atoms with Gasteiger partial charge in [-0.3, -0.25) is 14.5 Å². The van der Waals surface area contributed by atoms with Gasteiger partial charge in [-0.1, -0.05) is 26.0 Å². The SMILES string of the molecule is CCCOc1ccc(C2=C(N3CCN(CC)CC3)C(=O)N(CC)C2=O)cc1. The van der Waals surface area contributed by atoms with Gasteiger partial charge in [0.15, 0.2) is 0 Å². The topological polar surface area (TPSA) is 53.1 Å². The molecule has 0 radical (unpaired) electrons. The van der Waals surface area contributed by atoms with Gasteiger partial charge in [0, 0.05) is 32.7 Å². The molecule has 2 heterocycles. The van der Waals surface area contributed by atoms with Gasteiger partial charge in [0.1, 0.15) is 11.4 Å². The van der Waals surface area contributed by atoms with Crippen LogP contribution in [0.25, 0.3) is 5.57 Å². The first-order valence-corrected chi connectivity index (χ1v) is 9.91. The van der Waals surface area contributed by atoms with Crippen molar-refractivity contribution >= 4 is 17.4 Å². The highest BCUT2D eigenvalue weighted by Gasteiger charge is 2.41. The van der Waals surface area contributed by atoms with E-state index in [-0.39, 0.29) is 11.8 Å². The van der Waals surface area contributed by atoms with Crippen molar-refractivity contribution in [3.63, 3.8) is 0 Å². The first kappa shape index (κ1) is 19.4. The molecule has 0 aromatic heterocycles. The summed E-state index contributed by atoms with van der Waals surface area (Å²) in [6.07, 6.45) is 0.944. The largest absolute Gasteiger partial charge is 0.494 e. The lowest BCUT2D eigenvalue weighted by molar-refractivity contribution is -0.137. The Labute approximate surface area is 161 Å². The summed E-state index contributed by atoms with van der Waals surface area (Å²) in [6.45, 7) is 11.4. The van der Waals surface area contributed by atoms with Crippen molar-refractivity contribution in [2.75, 3.05) is 45.9 Å². The maximum absolute atomic E-state index is 13.0. The lowest BCUT2D eigenvalue weighted by Crippen LogP contribution is -2.47. The van der Waals surface area contributed by atoms with Crippen molar-refractivity contribution in [2.45, 2.75) is 27.2 Å². The van der Waals surface area contributed by atoms with Gasteiger partial charge in [0.05, 0.1) is 12.2 Å². The van der Waals surface area contributed by atoms with Crippen LogP contribution in [0.5, 0.6) is 5.75 Å². The number of nitrogens with zero attached hydrogens (tertiary/aromatic N) is 3. The second-order valence-electron chi connectivity index (χ2n) is 6.87. The molecular formula is C21H29N3O3. The van der Waals surface area contributed by atoms with Crippen LogP contribution in [0.3, 0.4) is 0 Å². The van der Waals surface area contributed by atoms with Crippen molar-refractivity contribution in [2.24, 2.45) is 0 Å². The van der Waals surface area contributed by atoms with E-state index in [9.17, 15) is 9.59 Å². The quantitative estimate of drug-likeness (QED) is 0.688. The van der Waals surface area contributed by atoms with Gasteiger partial charge >= 0.3 is 0 Å². The number of carbonyl (C=O) groups is 2. The highest BCUT2D eigenvalue weighted by Crippen LogP contribution is 2.32. The summed E-state index contributed by atoms with van der Waals surface area (Å²) in [4.78, 5) is 31.7. The molecule has 2 aliphatic rings. The second-order valence-corrected chi connectivity index (χ2v) is 6.87. The van der Waals surface area contributed by atoms with E-state index in [0.29, 0.717) is 24.4 Å². The van der Waals surface area contributed by atoms with Gasteiger partial charge in [0.2, 0.25) is 0 Å². The van der Waals surface area contributed by atoms with Gasteiger partial charge < -0.3 is 14.5 Å². The number of ether oxygens (including phenoxy) is 1. The summed E-state index contributed by atoms with van der Waals surface area (Å²) in [6, 6.07) is 7.51. The molecule has 27 heavy (non-hydrogen) atoms. The number of imide groups is 1. The van der Waals surface area contributed by atoms with E-state index >= 15 is 0 Å². The van der Waals surface area contributed by atoms with Gasteiger partial charge in [-0.05, 0) is 37.6 Å². The monoisotopic (exact) mass is 371 g/mol. The molecule has 0 spiro atoms. The Bertz CT molecular complexity index is 719. The fourth-order valence-corrected chi connectivity index (χ4v) is 3.63. The van der Waals surface area contributed by atoms with Crippen LogP contribution in [0.15, 0.2) is 30.0 Å². The number of likely N-dealkylation sites (N-methyl/N-ethyl adjacent to an activating group) is 2. The Hall–Kier alpha value is -2.34. The van der Waals surface area contributed by atoms with E-state index in [1.807, 2.05) is 31.2 Å². The molecule has 1 aromatic rings. The third kappa shape index (κ3) is 3.86. The highest BCUT2D eigenvalue weighted by molar-refractivity contribution is 6.35. The van der Waals surface area contributed by atoms with E-state index in [1.54, 1.807) is 0 Å². The van der Waals surface area contributed by atoms with Gasteiger partial charge in [-0.2, -0.15) is 0 Å². The summed E-state index contributed by atoms with van der Waals surface area (Å²) in [5, 5.41) is 0. The molecule has 0 atom stereocenters. The van der Waals surface area contributed by atoms with Gasteiger partial charge in [0.25, 0.3) is 11.8 Å². The number of hydrogen-bond acceptors (Lipinski definition) is 5. The van der Waals surface area contributed by atoms with Crippen LogP contribution in [0, 0.1) is 0 Å². The summed E-state index contributed by atoms with van der Waals surface area (Å²) in [5.41, 5.74) is 1.86. The first-order valence-electron chi connectivity index (χ1n) is 9.91. The molecule has 0 N–H and O–H groups in total. The molecule has 0 unspecified atom stereocenters. The Balaban J connectivity index is 1.92. The van der Waals surface area contributed by atoms with E-state index in [4.69, 9.17) is 4.74 Å². The molecule has 0 aliphatic carbocycles. The number of carbonyl (C=O) groups excluding carboxylic acids is 2. The van der Waals surface area contributed by atoms with E-state index in [2.05, 4.69) is 23.6 Å². The van der Waals surface area contributed by atoms with Crippen molar-refractivity contribution < 1.29 is 14.3 Å². The predicted molar refractivity (Wildman–Crippen MR) is 105 cm³/mol. The number of hydrogen-bond donors (Lipinski definition) is 0. The third-order valence-corrected chi connectivity index (χ3v) is 5.21. The van der Waals surface area contributed by atoms with Crippen LogP contribution in [0.4, 0.5) is 0 Å². The summed E-state index contributed by atoms with van der Waals surface area (Å²) < 4.78 is 5.64. The van der Waals surface area contributed by atoms with Crippen molar-refractivity contribution in [1.29, 1.82) is 0 Å². The zero-order valence-electron chi connectivity index (χ0n) is 16.5. The third-order valence-electron chi connectivity index (χ3n) is 5.21. The highest BCUT2D eigenvalue weighted by atomic mass is 16.5. The van der Waals surface area contributed by atoms with Crippen molar-refractivity contribution in [3.05, 3.63) is 35.5 Å². The Morgan fingerprint density at radius 2 is 1.56 bits per heavy atom. The van der Waals surface area contributed by atoms with Crippen LogP contribution in [-0.2, 0) is 9.59 Å². The number of benzene rings is 1. The molecule has 6 heteroatoms. The molecule has 2 amide bonds. The predicted octanol–water partition coefficient (Wildman–Crippen LogP) is 2.21. The second kappa shape index (κ2) is 8.57. The van der Waals surface area contributed by atoms with E-state index < -0.39 is 0 Å². The molecule has 2 aliphatic heterocycles. The molecule has 0 saturated carbocycles.